The van der Waals surface area contributed by atoms with Gasteiger partial charge in [0.1, 0.15) is 23.6 Å². The minimum absolute atomic E-state index is 0.395. The highest BCUT2D eigenvalue weighted by Gasteiger charge is 2.49. The number of ether oxygens (including phenoxy) is 2. The molecule has 28 heavy (non-hydrogen) atoms. The normalized spacial score (nSPS) is 18.6. The molecule has 8 nitrogen and oxygen atoms in total. The molecule has 0 aromatic heterocycles. The number of methoxy groups -OCH3 is 2. The Morgan fingerprint density at radius 3 is 2.39 bits per heavy atom. The fourth-order valence-electron chi connectivity index (χ4n) is 3.01. The molecular weight excluding hydrogens is 362 g/mol. The largest absolute Gasteiger partial charge is 0.497 e. The Balaban J connectivity index is 1.73. The van der Waals surface area contributed by atoms with Gasteiger partial charge in [0.05, 0.1) is 14.2 Å². The Morgan fingerprint density at radius 1 is 1.07 bits per heavy atom. The van der Waals surface area contributed by atoms with Crippen molar-refractivity contribution in [2.75, 3.05) is 26.1 Å². The van der Waals surface area contributed by atoms with Gasteiger partial charge < -0.3 is 20.1 Å². The van der Waals surface area contributed by atoms with Gasteiger partial charge in [-0.1, -0.05) is 18.2 Å². The zero-order valence-electron chi connectivity index (χ0n) is 15.8. The maximum Gasteiger partial charge on any atom is 0.325 e. The van der Waals surface area contributed by atoms with Gasteiger partial charge in [-0.2, -0.15) is 0 Å². The van der Waals surface area contributed by atoms with Crippen LogP contribution in [0.15, 0.2) is 48.5 Å². The summed E-state index contributed by atoms with van der Waals surface area (Å²) >= 11 is 0. The van der Waals surface area contributed by atoms with Crippen molar-refractivity contribution in [3.63, 3.8) is 0 Å². The van der Waals surface area contributed by atoms with E-state index < -0.39 is 29.9 Å². The van der Waals surface area contributed by atoms with Crippen LogP contribution in [0.4, 0.5) is 10.5 Å². The van der Waals surface area contributed by atoms with Crippen molar-refractivity contribution >= 4 is 23.5 Å². The molecule has 4 amide bonds. The predicted molar refractivity (Wildman–Crippen MR) is 102 cm³/mol. The van der Waals surface area contributed by atoms with Crippen LogP contribution in [0, 0.1) is 0 Å². The molecular formula is C20H21N3O5. The fraction of sp³-hybridized carbons (Fsp3) is 0.250. The van der Waals surface area contributed by atoms with Crippen molar-refractivity contribution in [2.45, 2.75) is 12.5 Å². The number of carbonyl (C=O) groups excluding carboxylic acids is 3. The molecule has 2 N–H and O–H groups in total. The van der Waals surface area contributed by atoms with Gasteiger partial charge in [-0.15, -0.1) is 0 Å². The third kappa shape index (κ3) is 3.62. The van der Waals surface area contributed by atoms with E-state index in [1.54, 1.807) is 62.6 Å². The lowest BCUT2D eigenvalue weighted by Gasteiger charge is -2.22. The van der Waals surface area contributed by atoms with Gasteiger partial charge in [0, 0.05) is 11.8 Å². The van der Waals surface area contributed by atoms with Crippen molar-refractivity contribution in [1.29, 1.82) is 0 Å². The lowest BCUT2D eigenvalue weighted by molar-refractivity contribution is -0.133. The molecule has 1 saturated heterocycles. The predicted octanol–water partition coefficient (Wildman–Crippen LogP) is 2.11. The zero-order chi connectivity index (χ0) is 20.3. The van der Waals surface area contributed by atoms with Gasteiger partial charge in [-0.25, -0.2) is 4.79 Å². The molecule has 146 valence electrons. The molecule has 1 fully saturated rings. The second-order valence-corrected chi connectivity index (χ2v) is 6.46. The van der Waals surface area contributed by atoms with Gasteiger partial charge in [0.15, 0.2) is 0 Å². The summed E-state index contributed by atoms with van der Waals surface area (Å²) in [5.74, 6) is 0.234. The molecule has 2 aromatic carbocycles. The number of rotatable bonds is 6. The van der Waals surface area contributed by atoms with E-state index in [1.165, 1.54) is 7.11 Å². The SMILES string of the molecule is COc1ccc([C@]2(C)NC(=O)N(CC(=O)Nc3cccc(OC)c3)C2=O)cc1. The molecule has 8 heteroatoms. The summed E-state index contributed by atoms with van der Waals surface area (Å²) in [6.45, 7) is 1.21. The van der Waals surface area contributed by atoms with Gasteiger partial charge in [0.2, 0.25) is 5.91 Å². The molecule has 0 unspecified atom stereocenters. The fourth-order valence-corrected chi connectivity index (χ4v) is 3.01. The molecule has 3 rings (SSSR count). The molecule has 0 saturated carbocycles. The first-order valence-electron chi connectivity index (χ1n) is 8.60. The summed E-state index contributed by atoms with van der Waals surface area (Å²) in [5.41, 5.74) is -0.142. The average Bonchev–Trinajstić information content (AvgIpc) is 2.92. The quantitative estimate of drug-likeness (QED) is 0.745. The van der Waals surface area contributed by atoms with Crippen molar-refractivity contribution < 1.29 is 23.9 Å². The lowest BCUT2D eigenvalue weighted by Crippen LogP contribution is -2.42. The van der Waals surface area contributed by atoms with Crippen LogP contribution in [-0.4, -0.2) is 43.5 Å². The molecule has 0 radical (unpaired) electrons. The van der Waals surface area contributed by atoms with Crippen molar-refractivity contribution in [3.8, 4) is 11.5 Å². The van der Waals surface area contributed by atoms with Gasteiger partial charge in [-0.3, -0.25) is 14.5 Å². The van der Waals surface area contributed by atoms with Crippen LogP contribution >= 0.6 is 0 Å². The number of carbonyl (C=O) groups is 3. The van der Waals surface area contributed by atoms with Crippen LogP contribution in [0.1, 0.15) is 12.5 Å². The number of hydrogen-bond acceptors (Lipinski definition) is 5. The standard InChI is InChI=1S/C20H21N3O5/c1-20(13-7-9-15(27-2)10-8-13)18(25)23(19(26)22-20)12-17(24)21-14-5-4-6-16(11-14)28-3/h4-11H,12H2,1-3H3,(H,21,24)(H,22,26)/t20-/m0/s1. The number of hydrogen-bond donors (Lipinski definition) is 2. The summed E-state index contributed by atoms with van der Waals surface area (Å²) in [4.78, 5) is 38.5. The Kier molecular flexibility index (Phi) is 5.21. The van der Waals surface area contributed by atoms with Crippen molar-refractivity contribution in [1.82, 2.24) is 10.2 Å². The van der Waals surface area contributed by atoms with E-state index >= 15 is 0 Å². The summed E-state index contributed by atoms with van der Waals surface area (Å²) < 4.78 is 10.2. The van der Waals surface area contributed by atoms with Gasteiger partial charge >= 0.3 is 6.03 Å². The van der Waals surface area contributed by atoms with E-state index in [9.17, 15) is 14.4 Å². The minimum atomic E-state index is -1.25. The molecule has 2 aromatic rings. The van der Waals surface area contributed by atoms with Crippen LogP contribution < -0.4 is 20.1 Å². The molecule has 0 bridgehead atoms. The van der Waals surface area contributed by atoms with E-state index in [0.29, 0.717) is 22.7 Å². The highest BCUT2D eigenvalue weighted by Crippen LogP contribution is 2.30. The third-order valence-corrected chi connectivity index (χ3v) is 4.60. The van der Waals surface area contributed by atoms with E-state index in [4.69, 9.17) is 9.47 Å². The summed E-state index contributed by atoms with van der Waals surface area (Å²) in [7, 11) is 3.07. The zero-order valence-corrected chi connectivity index (χ0v) is 15.8. The highest BCUT2D eigenvalue weighted by atomic mass is 16.5. The van der Waals surface area contributed by atoms with E-state index in [1.807, 2.05) is 0 Å². The number of amides is 4. The van der Waals surface area contributed by atoms with E-state index in [2.05, 4.69) is 10.6 Å². The Hall–Kier alpha value is -3.55. The number of urea groups is 1. The third-order valence-electron chi connectivity index (χ3n) is 4.60. The molecule has 1 aliphatic heterocycles. The first-order valence-corrected chi connectivity index (χ1v) is 8.60. The first kappa shape index (κ1) is 19.2. The maximum absolute atomic E-state index is 12.9. The van der Waals surface area contributed by atoms with E-state index in [0.717, 1.165) is 4.90 Å². The number of nitrogens with one attached hydrogen (secondary N) is 2. The monoisotopic (exact) mass is 383 g/mol. The molecule has 1 atom stereocenters. The number of anilines is 1. The first-order chi connectivity index (χ1) is 13.4. The van der Waals surface area contributed by atoms with Crippen LogP contribution in [0.5, 0.6) is 11.5 Å². The summed E-state index contributed by atoms with van der Waals surface area (Å²) in [6, 6.07) is 13.0. The van der Waals surface area contributed by atoms with Crippen LogP contribution in [-0.2, 0) is 15.1 Å². The topological polar surface area (TPSA) is 97.0 Å². The van der Waals surface area contributed by atoms with Gasteiger partial charge in [-0.05, 0) is 36.8 Å². The molecule has 0 aliphatic carbocycles. The summed E-state index contributed by atoms with van der Waals surface area (Å²) in [6.07, 6.45) is 0. The molecule has 1 heterocycles. The van der Waals surface area contributed by atoms with Crippen molar-refractivity contribution in [2.24, 2.45) is 0 Å². The Morgan fingerprint density at radius 2 is 1.75 bits per heavy atom. The number of imide groups is 1. The Labute approximate surface area is 162 Å². The second-order valence-electron chi connectivity index (χ2n) is 6.46. The summed E-state index contributed by atoms with van der Waals surface area (Å²) in [5, 5.41) is 5.33. The number of nitrogens with zero attached hydrogens (tertiary/aromatic N) is 1. The maximum atomic E-state index is 12.9. The number of benzene rings is 2. The smallest absolute Gasteiger partial charge is 0.325 e. The van der Waals surface area contributed by atoms with Crippen LogP contribution in [0.3, 0.4) is 0 Å². The van der Waals surface area contributed by atoms with E-state index in [-0.39, 0.29) is 0 Å². The average molecular weight is 383 g/mol. The van der Waals surface area contributed by atoms with Crippen LogP contribution in [0.25, 0.3) is 0 Å². The molecule has 0 spiro atoms. The van der Waals surface area contributed by atoms with Crippen molar-refractivity contribution in [3.05, 3.63) is 54.1 Å². The highest BCUT2D eigenvalue weighted by molar-refractivity contribution is 6.10. The lowest BCUT2D eigenvalue weighted by atomic mass is 9.92. The minimum Gasteiger partial charge on any atom is -0.497 e. The molecule has 1 aliphatic rings. The Bertz CT molecular complexity index is 912. The second kappa shape index (κ2) is 7.59. The van der Waals surface area contributed by atoms with Crippen LogP contribution in [0.2, 0.25) is 0 Å². The van der Waals surface area contributed by atoms with Gasteiger partial charge in [0.25, 0.3) is 5.91 Å².